The summed E-state index contributed by atoms with van der Waals surface area (Å²) in [5.41, 5.74) is 1.14. The number of hydrogen-bond acceptors (Lipinski definition) is 3. The molecule has 2 amide bonds. The zero-order valence-corrected chi connectivity index (χ0v) is 14.6. The highest BCUT2D eigenvalue weighted by Gasteiger charge is 2.27. The summed E-state index contributed by atoms with van der Waals surface area (Å²) in [7, 11) is 1.62. The maximum absolute atomic E-state index is 12.2. The Balaban J connectivity index is 1.88. The predicted octanol–water partition coefficient (Wildman–Crippen LogP) is 2.72. The van der Waals surface area contributed by atoms with E-state index in [0.717, 1.165) is 31.5 Å². The molecule has 1 fully saturated rings. The van der Waals surface area contributed by atoms with Gasteiger partial charge in [-0.3, -0.25) is 0 Å². The van der Waals surface area contributed by atoms with Gasteiger partial charge in [0.25, 0.3) is 0 Å². The van der Waals surface area contributed by atoms with Crippen molar-refractivity contribution < 1.29 is 9.53 Å². The first kappa shape index (κ1) is 18.0. The Morgan fingerprint density at radius 2 is 2.00 bits per heavy atom. The molecule has 1 unspecified atom stereocenters. The van der Waals surface area contributed by atoms with Crippen molar-refractivity contribution in [1.29, 1.82) is 0 Å². The number of benzene rings is 1. The average molecular weight is 340 g/mol. The molecule has 1 aromatic carbocycles. The lowest BCUT2D eigenvalue weighted by molar-refractivity contribution is 0.163. The Labute approximate surface area is 143 Å². The number of ether oxygens (including phenoxy) is 1. The molecule has 1 atom stereocenters. The van der Waals surface area contributed by atoms with Crippen molar-refractivity contribution in [3.63, 3.8) is 0 Å². The molecule has 0 saturated carbocycles. The van der Waals surface area contributed by atoms with Gasteiger partial charge in [-0.25, -0.2) is 4.79 Å². The number of urea groups is 1. The standard InChI is InChI=1S/C17H26ClN3O2/c1-17(7-9-19-10-8-17)12-20-16(22)21-15(11-23-2)13-3-5-14(18)6-4-13/h3-6,15,19H,7-12H2,1-2H3,(H2,20,21,22). The van der Waals surface area contributed by atoms with Gasteiger partial charge in [-0.15, -0.1) is 0 Å². The maximum Gasteiger partial charge on any atom is 0.315 e. The maximum atomic E-state index is 12.2. The van der Waals surface area contributed by atoms with Crippen molar-refractivity contribution >= 4 is 17.6 Å². The van der Waals surface area contributed by atoms with Gasteiger partial charge in [-0.05, 0) is 49.0 Å². The molecule has 0 bridgehead atoms. The van der Waals surface area contributed by atoms with Crippen LogP contribution in [-0.4, -0.2) is 39.4 Å². The van der Waals surface area contributed by atoms with Crippen molar-refractivity contribution in [2.75, 3.05) is 33.4 Å². The lowest BCUT2D eigenvalue weighted by Crippen LogP contribution is -2.46. The van der Waals surface area contributed by atoms with Crippen LogP contribution in [0.2, 0.25) is 5.02 Å². The summed E-state index contributed by atoms with van der Waals surface area (Å²) in [6.07, 6.45) is 2.15. The summed E-state index contributed by atoms with van der Waals surface area (Å²) < 4.78 is 5.22. The van der Waals surface area contributed by atoms with E-state index in [4.69, 9.17) is 16.3 Å². The Bertz CT molecular complexity index is 501. The molecule has 6 heteroatoms. The number of piperidine rings is 1. The fourth-order valence-electron chi connectivity index (χ4n) is 2.79. The summed E-state index contributed by atoms with van der Waals surface area (Å²) in [5.74, 6) is 0. The third kappa shape index (κ3) is 5.68. The minimum Gasteiger partial charge on any atom is -0.382 e. The van der Waals surface area contributed by atoms with Gasteiger partial charge >= 0.3 is 6.03 Å². The predicted molar refractivity (Wildman–Crippen MR) is 92.8 cm³/mol. The molecular formula is C17H26ClN3O2. The highest BCUT2D eigenvalue weighted by atomic mass is 35.5. The molecule has 5 nitrogen and oxygen atoms in total. The summed E-state index contributed by atoms with van der Waals surface area (Å²) >= 11 is 5.91. The number of carbonyl (C=O) groups is 1. The SMILES string of the molecule is COCC(NC(=O)NCC1(C)CCNCC1)c1ccc(Cl)cc1. The van der Waals surface area contributed by atoms with E-state index < -0.39 is 0 Å². The van der Waals surface area contributed by atoms with Crippen molar-refractivity contribution in [2.45, 2.75) is 25.8 Å². The quantitative estimate of drug-likeness (QED) is 0.746. The van der Waals surface area contributed by atoms with E-state index in [1.54, 1.807) is 7.11 Å². The molecule has 0 spiro atoms. The molecule has 1 saturated heterocycles. The first-order chi connectivity index (χ1) is 11.0. The Hall–Kier alpha value is -1.30. The minimum atomic E-state index is -0.196. The zero-order valence-electron chi connectivity index (χ0n) is 13.8. The summed E-state index contributed by atoms with van der Waals surface area (Å²) in [6, 6.07) is 7.07. The van der Waals surface area contributed by atoms with E-state index >= 15 is 0 Å². The van der Waals surface area contributed by atoms with Crippen molar-refractivity contribution in [3.05, 3.63) is 34.9 Å². The Morgan fingerprint density at radius 1 is 1.35 bits per heavy atom. The van der Waals surface area contributed by atoms with Crippen LogP contribution in [0.1, 0.15) is 31.4 Å². The molecular weight excluding hydrogens is 314 g/mol. The van der Waals surface area contributed by atoms with Crippen LogP contribution >= 0.6 is 11.6 Å². The van der Waals surface area contributed by atoms with Gasteiger partial charge in [0, 0.05) is 18.7 Å². The fraction of sp³-hybridized carbons (Fsp3) is 0.588. The van der Waals surface area contributed by atoms with Crippen LogP contribution < -0.4 is 16.0 Å². The third-order valence-electron chi connectivity index (χ3n) is 4.40. The number of rotatable bonds is 6. The Kier molecular flexibility index (Phi) is 6.69. The fourth-order valence-corrected chi connectivity index (χ4v) is 2.92. The van der Waals surface area contributed by atoms with E-state index in [9.17, 15) is 4.79 Å². The van der Waals surface area contributed by atoms with Gasteiger partial charge in [0.1, 0.15) is 0 Å². The van der Waals surface area contributed by atoms with Gasteiger partial charge in [0.15, 0.2) is 0 Å². The zero-order chi connectivity index (χ0) is 16.7. The van der Waals surface area contributed by atoms with Crippen LogP contribution in [0.25, 0.3) is 0 Å². The smallest absolute Gasteiger partial charge is 0.315 e. The van der Waals surface area contributed by atoms with E-state index in [2.05, 4.69) is 22.9 Å². The highest BCUT2D eigenvalue weighted by Crippen LogP contribution is 2.26. The number of methoxy groups -OCH3 is 1. The molecule has 1 aromatic rings. The molecule has 23 heavy (non-hydrogen) atoms. The molecule has 1 aliphatic rings. The first-order valence-corrected chi connectivity index (χ1v) is 8.40. The average Bonchev–Trinajstić information content (AvgIpc) is 2.54. The van der Waals surface area contributed by atoms with E-state index in [1.807, 2.05) is 24.3 Å². The molecule has 0 aliphatic carbocycles. The van der Waals surface area contributed by atoms with Crippen molar-refractivity contribution in [3.8, 4) is 0 Å². The number of nitrogens with one attached hydrogen (secondary N) is 3. The van der Waals surface area contributed by atoms with E-state index in [-0.39, 0.29) is 17.5 Å². The summed E-state index contributed by atoms with van der Waals surface area (Å²) in [4.78, 5) is 12.2. The molecule has 128 valence electrons. The van der Waals surface area contributed by atoms with Gasteiger partial charge in [-0.1, -0.05) is 30.7 Å². The number of hydrogen-bond donors (Lipinski definition) is 3. The monoisotopic (exact) mass is 339 g/mol. The van der Waals surface area contributed by atoms with Crippen molar-refractivity contribution in [2.24, 2.45) is 5.41 Å². The lowest BCUT2D eigenvalue weighted by Gasteiger charge is -2.34. The van der Waals surface area contributed by atoms with Crippen LogP contribution in [0.3, 0.4) is 0 Å². The second kappa shape index (κ2) is 8.52. The number of carbonyl (C=O) groups excluding carboxylic acids is 1. The van der Waals surface area contributed by atoms with Crippen LogP contribution in [0.4, 0.5) is 4.79 Å². The molecule has 1 heterocycles. The first-order valence-electron chi connectivity index (χ1n) is 8.02. The summed E-state index contributed by atoms with van der Waals surface area (Å²) in [6.45, 7) is 5.34. The third-order valence-corrected chi connectivity index (χ3v) is 4.65. The second-order valence-electron chi connectivity index (χ2n) is 6.45. The van der Waals surface area contributed by atoms with Gasteiger partial charge in [-0.2, -0.15) is 0 Å². The van der Waals surface area contributed by atoms with Gasteiger partial charge in [0.05, 0.1) is 12.6 Å². The second-order valence-corrected chi connectivity index (χ2v) is 6.88. The summed E-state index contributed by atoms with van der Waals surface area (Å²) in [5, 5.41) is 10.0. The molecule has 0 radical (unpaired) electrons. The molecule has 1 aliphatic heterocycles. The van der Waals surface area contributed by atoms with Crippen LogP contribution in [0.5, 0.6) is 0 Å². The van der Waals surface area contributed by atoms with E-state index in [0.29, 0.717) is 18.2 Å². The minimum absolute atomic E-state index is 0.165. The largest absolute Gasteiger partial charge is 0.382 e. The molecule has 0 aromatic heterocycles. The van der Waals surface area contributed by atoms with Crippen molar-refractivity contribution in [1.82, 2.24) is 16.0 Å². The van der Waals surface area contributed by atoms with Gasteiger partial charge in [0.2, 0.25) is 0 Å². The molecule has 3 N–H and O–H groups in total. The van der Waals surface area contributed by atoms with Crippen LogP contribution in [0.15, 0.2) is 24.3 Å². The highest BCUT2D eigenvalue weighted by molar-refractivity contribution is 6.30. The number of halogens is 1. The lowest BCUT2D eigenvalue weighted by atomic mass is 9.81. The van der Waals surface area contributed by atoms with Gasteiger partial charge < -0.3 is 20.7 Å². The van der Waals surface area contributed by atoms with E-state index in [1.165, 1.54) is 0 Å². The molecule has 2 rings (SSSR count). The van der Waals surface area contributed by atoms with Crippen LogP contribution in [-0.2, 0) is 4.74 Å². The van der Waals surface area contributed by atoms with Crippen LogP contribution in [0, 0.1) is 5.41 Å². The topological polar surface area (TPSA) is 62.4 Å². The normalized spacial score (nSPS) is 18.2. The Morgan fingerprint density at radius 3 is 2.61 bits per heavy atom. The number of amides is 2.